The molecule has 2 aromatic rings. The summed E-state index contributed by atoms with van der Waals surface area (Å²) < 4.78 is 0. The number of phenols is 1. The summed E-state index contributed by atoms with van der Waals surface area (Å²) in [5.74, 6) is 0.192. The molecule has 1 amide bonds. The van der Waals surface area contributed by atoms with E-state index in [1.807, 2.05) is 55.5 Å². The van der Waals surface area contributed by atoms with E-state index in [0.29, 0.717) is 17.0 Å². The maximum absolute atomic E-state index is 13.0. The zero-order chi connectivity index (χ0) is 21.6. The lowest BCUT2D eigenvalue weighted by Gasteiger charge is -2.28. The van der Waals surface area contributed by atoms with E-state index < -0.39 is 0 Å². The Morgan fingerprint density at radius 2 is 1.45 bits per heavy atom. The van der Waals surface area contributed by atoms with Crippen LogP contribution in [-0.4, -0.2) is 16.7 Å². The molecule has 4 heteroatoms. The molecule has 152 valence electrons. The minimum atomic E-state index is -0.225. The fraction of sp³-hybridized carbons (Fsp3) is 0.360. The van der Waals surface area contributed by atoms with Crippen molar-refractivity contribution >= 4 is 23.4 Å². The maximum atomic E-state index is 13.0. The fourth-order valence-electron chi connectivity index (χ4n) is 3.48. The Kier molecular flexibility index (Phi) is 5.16. The van der Waals surface area contributed by atoms with Crippen LogP contribution in [0.1, 0.15) is 65.2 Å². The molecule has 0 spiro atoms. The molecule has 0 bridgehead atoms. The first-order valence-corrected chi connectivity index (χ1v) is 9.94. The zero-order valence-corrected chi connectivity index (χ0v) is 18.4. The summed E-state index contributed by atoms with van der Waals surface area (Å²) in [4.78, 5) is 13.0. The lowest BCUT2D eigenvalue weighted by molar-refractivity contribution is -0.114. The summed E-state index contributed by atoms with van der Waals surface area (Å²) in [6, 6.07) is 13.4. The molecule has 1 aliphatic rings. The molecule has 1 aliphatic heterocycles. The van der Waals surface area contributed by atoms with Crippen molar-refractivity contribution in [2.75, 3.05) is 5.01 Å². The Labute approximate surface area is 173 Å². The highest BCUT2D eigenvalue weighted by Gasteiger charge is 2.30. The second kappa shape index (κ2) is 7.18. The molecule has 1 heterocycles. The molecule has 0 radical (unpaired) electrons. The molecule has 0 fully saturated rings. The van der Waals surface area contributed by atoms with Crippen LogP contribution in [0.2, 0.25) is 0 Å². The van der Waals surface area contributed by atoms with Crippen molar-refractivity contribution in [2.24, 2.45) is 5.10 Å². The van der Waals surface area contributed by atoms with Crippen molar-refractivity contribution in [1.29, 1.82) is 0 Å². The number of para-hydroxylation sites is 1. The smallest absolute Gasteiger partial charge is 0.280 e. The summed E-state index contributed by atoms with van der Waals surface area (Å²) in [6.45, 7) is 14.3. The quantitative estimate of drug-likeness (QED) is 0.660. The molecular formula is C25H30N2O2. The maximum Gasteiger partial charge on any atom is 0.280 e. The van der Waals surface area contributed by atoms with Gasteiger partial charge in [0.2, 0.25) is 0 Å². The van der Waals surface area contributed by atoms with Gasteiger partial charge in [0.1, 0.15) is 5.75 Å². The average Bonchev–Trinajstić information content (AvgIpc) is 2.90. The molecule has 0 unspecified atom stereocenters. The minimum Gasteiger partial charge on any atom is -0.507 e. The van der Waals surface area contributed by atoms with Crippen LogP contribution in [0.5, 0.6) is 5.75 Å². The van der Waals surface area contributed by atoms with E-state index in [2.05, 4.69) is 46.6 Å². The van der Waals surface area contributed by atoms with Gasteiger partial charge in [-0.2, -0.15) is 10.1 Å². The van der Waals surface area contributed by atoms with Gasteiger partial charge in [-0.05, 0) is 53.7 Å². The van der Waals surface area contributed by atoms with E-state index in [0.717, 1.165) is 22.4 Å². The van der Waals surface area contributed by atoms with Gasteiger partial charge in [-0.1, -0.05) is 59.7 Å². The standard InChI is InChI=1S/C25H30N2O2/c1-16-19(23(29)27(26-16)18-11-9-8-10-12-18)13-17-14-20(24(2,3)4)22(28)21(15-17)25(5,6)7/h8-15,28H,1-7H3. The van der Waals surface area contributed by atoms with Crippen molar-refractivity contribution in [2.45, 2.75) is 59.3 Å². The molecule has 0 saturated carbocycles. The van der Waals surface area contributed by atoms with E-state index in [-0.39, 0.29) is 16.7 Å². The van der Waals surface area contributed by atoms with Crippen LogP contribution < -0.4 is 5.01 Å². The van der Waals surface area contributed by atoms with Gasteiger partial charge in [0.25, 0.3) is 5.91 Å². The molecule has 3 rings (SSSR count). The predicted octanol–water partition coefficient (Wildman–Crippen LogP) is 5.79. The van der Waals surface area contributed by atoms with E-state index in [4.69, 9.17) is 0 Å². The Morgan fingerprint density at radius 3 is 1.93 bits per heavy atom. The van der Waals surface area contributed by atoms with E-state index in [9.17, 15) is 9.90 Å². The number of hydrogen-bond donors (Lipinski definition) is 1. The van der Waals surface area contributed by atoms with Gasteiger partial charge in [-0.3, -0.25) is 4.79 Å². The first-order chi connectivity index (χ1) is 13.4. The third kappa shape index (κ3) is 4.12. The van der Waals surface area contributed by atoms with Crippen molar-refractivity contribution in [3.63, 3.8) is 0 Å². The SMILES string of the molecule is CC1=NN(c2ccccc2)C(=O)C1=Cc1cc(C(C)(C)C)c(O)c(C(C)(C)C)c1. The normalized spacial score (nSPS) is 16.5. The van der Waals surface area contributed by atoms with Gasteiger partial charge in [0, 0.05) is 11.1 Å². The molecule has 2 aromatic carbocycles. The molecule has 4 nitrogen and oxygen atoms in total. The van der Waals surface area contributed by atoms with Gasteiger partial charge in [0.15, 0.2) is 0 Å². The molecule has 1 N–H and O–H groups in total. The number of hydrogen-bond acceptors (Lipinski definition) is 3. The van der Waals surface area contributed by atoms with Gasteiger partial charge < -0.3 is 5.11 Å². The topological polar surface area (TPSA) is 52.9 Å². The number of hydrazone groups is 1. The van der Waals surface area contributed by atoms with Crippen LogP contribution in [0.15, 0.2) is 53.1 Å². The number of aromatic hydroxyl groups is 1. The van der Waals surface area contributed by atoms with Gasteiger partial charge in [0.05, 0.1) is 17.0 Å². The monoisotopic (exact) mass is 390 g/mol. The molecule has 29 heavy (non-hydrogen) atoms. The molecule has 0 atom stereocenters. The van der Waals surface area contributed by atoms with Gasteiger partial charge in [-0.25, -0.2) is 0 Å². The largest absolute Gasteiger partial charge is 0.507 e. The van der Waals surface area contributed by atoms with Crippen LogP contribution in [-0.2, 0) is 15.6 Å². The second-order valence-corrected chi connectivity index (χ2v) is 9.66. The van der Waals surface area contributed by atoms with Gasteiger partial charge in [-0.15, -0.1) is 0 Å². The number of benzene rings is 2. The van der Waals surface area contributed by atoms with Crippen molar-refractivity contribution < 1.29 is 9.90 Å². The van der Waals surface area contributed by atoms with Crippen LogP contribution in [0.3, 0.4) is 0 Å². The van der Waals surface area contributed by atoms with Crippen LogP contribution >= 0.6 is 0 Å². The minimum absolute atomic E-state index is 0.142. The Hall–Kier alpha value is -2.88. The van der Waals surface area contributed by atoms with Crippen molar-refractivity contribution in [1.82, 2.24) is 0 Å². The van der Waals surface area contributed by atoms with Crippen molar-refractivity contribution in [3.8, 4) is 5.75 Å². The fourth-order valence-corrected chi connectivity index (χ4v) is 3.48. The Balaban J connectivity index is 2.11. The number of phenolic OH excluding ortho intramolecular Hbond substituents is 1. The number of rotatable bonds is 2. The Bertz CT molecular complexity index is 968. The highest BCUT2D eigenvalue weighted by Crippen LogP contribution is 2.40. The summed E-state index contributed by atoms with van der Waals surface area (Å²) in [5, 5.41) is 16.8. The first-order valence-electron chi connectivity index (χ1n) is 9.94. The van der Waals surface area contributed by atoms with Gasteiger partial charge >= 0.3 is 0 Å². The highest BCUT2D eigenvalue weighted by atomic mass is 16.3. The summed E-state index contributed by atoms with van der Waals surface area (Å²) >= 11 is 0. The van der Waals surface area contributed by atoms with Crippen LogP contribution in [0.25, 0.3) is 6.08 Å². The lowest BCUT2D eigenvalue weighted by atomic mass is 9.78. The number of carbonyl (C=O) groups is 1. The first kappa shape index (κ1) is 20.8. The Morgan fingerprint density at radius 1 is 0.931 bits per heavy atom. The van der Waals surface area contributed by atoms with Crippen LogP contribution in [0, 0.1) is 0 Å². The highest BCUT2D eigenvalue weighted by molar-refractivity contribution is 6.32. The number of amides is 1. The van der Waals surface area contributed by atoms with Crippen molar-refractivity contribution in [3.05, 3.63) is 64.7 Å². The lowest BCUT2D eigenvalue weighted by Crippen LogP contribution is -2.21. The summed E-state index contributed by atoms with van der Waals surface area (Å²) in [5.41, 5.74) is 4.19. The number of anilines is 1. The predicted molar refractivity (Wildman–Crippen MR) is 121 cm³/mol. The summed E-state index contributed by atoms with van der Waals surface area (Å²) in [6.07, 6.45) is 1.88. The third-order valence-electron chi connectivity index (χ3n) is 5.12. The van der Waals surface area contributed by atoms with Crippen LogP contribution in [0.4, 0.5) is 5.69 Å². The second-order valence-electron chi connectivity index (χ2n) is 9.66. The molecule has 0 saturated heterocycles. The zero-order valence-electron chi connectivity index (χ0n) is 18.4. The van der Waals surface area contributed by atoms with E-state index in [1.165, 1.54) is 5.01 Å². The summed E-state index contributed by atoms with van der Waals surface area (Å²) in [7, 11) is 0. The molecule has 0 aromatic heterocycles. The number of carbonyl (C=O) groups excluding carboxylic acids is 1. The molecule has 0 aliphatic carbocycles. The molecular weight excluding hydrogens is 360 g/mol. The van der Waals surface area contributed by atoms with E-state index >= 15 is 0 Å². The third-order valence-corrected chi connectivity index (χ3v) is 5.12. The number of nitrogens with zero attached hydrogens (tertiary/aromatic N) is 2. The average molecular weight is 391 g/mol. The van der Waals surface area contributed by atoms with E-state index in [1.54, 1.807) is 0 Å².